The third kappa shape index (κ3) is 7.33. The van der Waals surface area contributed by atoms with Gasteiger partial charge < -0.3 is 5.11 Å². The molecule has 0 bridgehead atoms. The van der Waals surface area contributed by atoms with Crippen LogP contribution in [0.1, 0.15) is 40.0 Å². The Kier molecular flexibility index (Phi) is 5.23. The quantitative estimate of drug-likeness (QED) is 0.690. The first-order valence-electron chi connectivity index (χ1n) is 4.92. The topological polar surface area (TPSA) is 83.5 Å². The summed E-state index contributed by atoms with van der Waals surface area (Å²) < 4.78 is 25.5. The van der Waals surface area contributed by atoms with Gasteiger partial charge in [-0.1, -0.05) is 6.92 Å². The lowest BCUT2D eigenvalue weighted by Gasteiger charge is -2.23. The maximum Gasteiger partial charge on any atom is 0.303 e. The number of hydrogen-bond acceptors (Lipinski definition) is 3. The largest absolute Gasteiger partial charge is 0.481 e. The average Bonchev–Trinajstić information content (AvgIpc) is 2.01. The molecule has 0 rings (SSSR count). The van der Waals surface area contributed by atoms with E-state index in [4.69, 9.17) is 5.11 Å². The lowest BCUT2D eigenvalue weighted by atomic mass is 10.0. The highest BCUT2D eigenvalue weighted by molar-refractivity contribution is 7.89. The van der Waals surface area contributed by atoms with Gasteiger partial charge in [0.05, 0.1) is 5.75 Å². The van der Waals surface area contributed by atoms with Crippen LogP contribution in [0.5, 0.6) is 0 Å². The fraction of sp³-hybridized carbons (Fsp3) is 0.889. The van der Waals surface area contributed by atoms with Crippen LogP contribution in [0.3, 0.4) is 0 Å². The van der Waals surface area contributed by atoms with Crippen molar-refractivity contribution < 1.29 is 18.3 Å². The van der Waals surface area contributed by atoms with E-state index in [0.29, 0.717) is 6.42 Å². The number of carbonyl (C=O) groups is 1. The van der Waals surface area contributed by atoms with Crippen LogP contribution >= 0.6 is 0 Å². The van der Waals surface area contributed by atoms with Crippen molar-refractivity contribution in [2.75, 3.05) is 5.75 Å². The Morgan fingerprint density at radius 3 is 2.33 bits per heavy atom. The summed E-state index contributed by atoms with van der Waals surface area (Å²) in [5.74, 6) is -1.11. The number of rotatable bonds is 7. The van der Waals surface area contributed by atoms with Gasteiger partial charge >= 0.3 is 5.97 Å². The van der Waals surface area contributed by atoms with Crippen molar-refractivity contribution in [3.8, 4) is 0 Å². The first kappa shape index (κ1) is 14.4. The van der Waals surface area contributed by atoms with Gasteiger partial charge in [0.25, 0.3) is 0 Å². The summed E-state index contributed by atoms with van der Waals surface area (Å²) in [7, 11) is -3.36. The van der Waals surface area contributed by atoms with E-state index in [-0.39, 0.29) is 18.6 Å². The normalized spacial score (nSPS) is 12.7. The van der Waals surface area contributed by atoms with Crippen LogP contribution in [-0.2, 0) is 14.8 Å². The molecule has 5 nitrogen and oxygen atoms in total. The molecule has 0 radical (unpaired) electrons. The van der Waals surface area contributed by atoms with Crippen molar-refractivity contribution in [3.05, 3.63) is 0 Å². The average molecular weight is 237 g/mol. The van der Waals surface area contributed by atoms with Gasteiger partial charge in [-0.05, 0) is 26.7 Å². The second-order valence-electron chi connectivity index (χ2n) is 4.16. The van der Waals surface area contributed by atoms with Crippen LogP contribution in [0, 0.1) is 0 Å². The molecule has 0 saturated carbocycles. The highest BCUT2D eigenvalue weighted by Crippen LogP contribution is 2.09. The summed E-state index contributed by atoms with van der Waals surface area (Å²) in [6, 6.07) is 0. The van der Waals surface area contributed by atoms with Gasteiger partial charge in [-0.3, -0.25) is 4.79 Å². The summed E-state index contributed by atoms with van der Waals surface area (Å²) in [6.07, 6.45) is 0.711. The lowest BCUT2D eigenvalue weighted by molar-refractivity contribution is -0.137. The molecule has 0 unspecified atom stereocenters. The molecule has 6 heteroatoms. The fourth-order valence-corrected chi connectivity index (χ4v) is 2.57. The Hall–Kier alpha value is -0.620. The van der Waals surface area contributed by atoms with E-state index in [0.717, 1.165) is 0 Å². The van der Waals surface area contributed by atoms with E-state index in [2.05, 4.69) is 4.72 Å². The van der Waals surface area contributed by atoms with E-state index in [1.807, 2.05) is 6.92 Å². The van der Waals surface area contributed by atoms with Gasteiger partial charge in [0, 0.05) is 12.0 Å². The molecule has 0 heterocycles. The number of carboxylic acids is 1. The molecule has 0 spiro atoms. The van der Waals surface area contributed by atoms with Gasteiger partial charge in [-0.2, -0.15) is 0 Å². The molecule has 15 heavy (non-hydrogen) atoms. The zero-order valence-corrected chi connectivity index (χ0v) is 10.2. The minimum atomic E-state index is -3.36. The lowest BCUT2D eigenvalue weighted by Crippen LogP contribution is -2.43. The highest BCUT2D eigenvalue weighted by Gasteiger charge is 2.22. The Bertz CT molecular complexity index is 308. The smallest absolute Gasteiger partial charge is 0.303 e. The van der Waals surface area contributed by atoms with Crippen molar-refractivity contribution in [2.24, 2.45) is 0 Å². The van der Waals surface area contributed by atoms with E-state index < -0.39 is 21.5 Å². The Morgan fingerprint density at radius 1 is 1.40 bits per heavy atom. The number of aliphatic carboxylic acids is 1. The maximum atomic E-state index is 11.5. The number of nitrogens with one attached hydrogen (secondary N) is 1. The molecule has 0 fully saturated rings. The predicted octanol–water partition coefficient (Wildman–Crippen LogP) is 0.959. The van der Waals surface area contributed by atoms with Crippen LogP contribution < -0.4 is 4.72 Å². The first-order chi connectivity index (χ1) is 6.68. The Balaban J connectivity index is 4.15. The predicted molar refractivity (Wildman–Crippen MR) is 58.2 cm³/mol. The van der Waals surface area contributed by atoms with Crippen LogP contribution in [-0.4, -0.2) is 30.8 Å². The minimum Gasteiger partial charge on any atom is -0.481 e. The van der Waals surface area contributed by atoms with Gasteiger partial charge in [0.2, 0.25) is 10.0 Å². The molecule has 2 N–H and O–H groups in total. The molecule has 0 aromatic heterocycles. The molecule has 0 aromatic rings. The zero-order chi connectivity index (χ0) is 12.1. The Labute approximate surface area is 90.9 Å². The molecule has 90 valence electrons. The third-order valence-corrected chi connectivity index (χ3v) is 3.81. The van der Waals surface area contributed by atoms with Crippen molar-refractivity contribution in [1.29, 1.82) is 0 Å². The van der Waals surface area contributed by atoms with Crippen molar-refractivity contribution in [1.82, 2.24) is 4.72 Å². The van der Waals surface area contributed by atoms with Crippen LogP contribution in [0.25, 0.3) is 0 Å². The summed E-state index contributed by atoms with van der Waals surface area (Å²) in [6.45, 7) is 5.48. The van der Waals surface area contributed by atoms with Gasteiger partial charge in [0.1, 0.15) is 0 Å². The molecule has 0 aliphatic rings. The molecule has 0 saturated heterocycles. The molecule has 0 aromatic carbocycles. The van der Waals surface area contributed by atoms with Crippen LogP contribution in [0.15, 0.2) is 0 Å². The van der Waals surface area contributed by atoms with E-state index >= 15 is 0 Å². The fourth-order valence-electron chi connectivity index (χ4n) is 0.958. The van der Waals surface area contributed by atoms with Crippen molar-refractivity contribution >= 4 is 16.0 Å². The number of carboxylic acid groups (broad SMARTS) is 1. The standard InChI is InChI=1S/C9H19NO4S/c1-4-9(2,3)10-15(13,14)7-5-6-8(11)12/h10H,4-7H2,1-3H3,(H,11,12). The van der Waals surface area contributed by atoms with Crippen LogP contribution in [0.4, 0.5) is 0 Å². The van der Waals surface area contributed by atoms with Crippen molar-refractivity contribution in [2.45, 2.75) is 45.6 Å². The van der Waals surface area contributed by atoms with Gasteiger partial charge in [0.15, 0.2) is 0 Å². The zero-order valence-electron chi connectivity index (χ0n) is 9.41. The summed E-state index contributed by atoms with van der Waals surface area (Å²) >= 11 is 0. The summed E-state index contributed by atoms with van der Waals surface area (Å²) in [5.41, 5.74) is -0.470. The number of sulfonamides is 1. The highest BCUT2D eigenvalue weighted by atomic mass is 32.2. The maximum absolute atomic E-state index is 11.5. The van der Waals surface area contributed by atoms with Crippen molar-refractivity contribution in [3.63, 3.8) is 0 Å². The minimum absolute atomic E-state index is 0.118. The monoisotopic (exact) mass is 237 g/mol. The van der Waals surface area contributed by atoms with Crippen LogP contribution in [0.2, 0.25) is 0 Å². The third-order valence-electron chi connectivity index (χ3n) is 2.12. The molecular weight excluding hydrogens is 218 g/mol. The second kappa shape index (κ2) is 5.46. The van der Waals surface area contributed by atoms with Gasteiger partial charge in [-0.25, -0.2) is 13.1 Å². The molecule has 0 aliphatic heterocycles. The molecule has 0 aliphatic carbocycles. The van der Waals surface area contributed by atoms with E-state index in [9.17, 15) is 13.2 Å². The second-order valence-corrected chi connectivity index (χ2v) is 6.00. The molecule has 0 atom stereocenters. The van der Waals surface area contributed by atoms with E-state index in [1.165, 1.54) is 0 Å². The summed E-state index contributed by atoms with van der Waals surface area (Å²) in [5, 5.41) is 8.37. The van der Waals surface area contributed by atoms with E-state index in [1.54, 1.807) is 13.8 Å². The first-order valence-corrected chi connectivity index (χ1v) is 6.57. The van der Waals surface area contributed by atoms with Gasteiger partial charge in [-0.15, -0.1) is 0 Å². The molecular formula is C9H19NO4S. The summed E-state index contributed by atoms with van der Waals surface area (Å²) in [4.78, 5) is 10.2. The number of hydrogen-bond donors (Lipinski definition) is 2. The SMILES string of the molecule is CCC(C)(C)NS(=O)(=O)CCCC(=O)O. The molecule has 0 amide bonds. The Morgan fingerprint density at radius 2 is 1.93 bits per heavy atom.